The summed E-state index contributed by atoms with van der Waals surface area (Å²) in [5, 5.41) is 8.48. The molecule has 3 heterocycles. The summed E-state index contributed by atoms with van der Waals surface area (Å²) in [7, 11) is 0. The summed E-state index contributed by atoms with van der Waals surface area (Å²) in [6.45, 7) is 8.02. The third kappa shape index (κ3) is 3.54. The normalized spacial score (nSPS) is 21.5. The van der Waals surface area contributed by atoms with Crippen molar-refractivity contribution in [1.29, 1.82) is 0 Å². The van der Waals surface area contributed by atoms with Crippen LogP contribution in [0.4, 0.5) is 4.79 Å². The molecule has 0 bridgehead atoms. The average molecular weight is 395 g/mol. The fraction of sp³-hybridized carbons (Fsp3) is 0.565. The van der Waals surface area contributed by atoms with Crippen LogP contribution in [0.25, 0.3) is 5.69 Å². The van der Waals surface area contributed by atoms with E-state index in [9.17, 15) is 4.79 Å². The highest BCUT2D eigenvalue weighted by Gasteiger charge is 2.39. The predicted molar refractivity (Wildman–Crippen MR) is 111 cm³/mol. The van der Waals surface area contributed by atoms with Crippen LogP contribution >= 0.6 is 0 Å². The van der Waals surface area contributed by atoms with Gasteiger partial charge < -0.3 is 10.1 Å². The van der Waals surface area contributed by atoms with Crippen molar-refractivity contribution in [3.63, 3.8) is 0 Å². The number of benzene rings is 1. The van der Waals surface area contributed by atoms with Crippen molar-refractivity contribution in [2.24, 2.45) is 0 Å². The van der Waals surface area contributed by atoms with E-state index >= 15 is 0 Å². The summed E-state index contributed by atoms with van der Waals surface area (Å²) in [4.78, 5) is 14.8. The predicted octanol–water partition coefficient (Wildman–Crippen LogP) is 3.73. The minimum absolute atomic E-state index is 0.0226. The number of carbonyl (C=O) groups excluding carboxylic acids is 1. The van der Waals surface area contributed by atoms with Crippen LogP contribution < -0.4 is 5.32 Å². The molecule has 1 atom stereocenters. The van der Waals surface area contributed by atoms with E-state index in [1.807, 2.05) is 25.7 Å². The molecule has 1 aromatic carbocycles. The lowest BCUT2D eigenvalue weighted by atomic mass is 9.96. The Morgan fingerprint density at radius 2 is 1.93 bits per heavy atom. The lowest BCUT2D eigenvalue weighted by molar-refractivity contribution is 0.0142. The van der Waals surface area contributed by atoms with Gasteiger partial charge in [0.25, 0.3) is 0 Å². The second-order valence-corrected chi connectivity index (χ2v) is 9.48. The molecule has 1 N–H and O–H groups in total. The van der Waals surface area contributed by atoms with Crippen LogP contribution in [0, 0.1) is 0 Å². The monoisotopic (exact) mass is 394 g/mol. The van der Waals surface area contributed by atoms with Gasteiger partial charge in [-0.1, -0.05) is 12.1 Å². The Labute approximate surface area is 172 Å². The minimum Gasteiger partial charge on any atom is -0.444 e. The second kappa shape index (κ2) is 6.87. The molecule has 2 aromatic rings. The number of amides is 1. The van der Waals surface area contributed by atoms with Crippen molar-refractivity contribution in [3.05, 3.63) is 46.8 Å². The van der Waals surface area contributed by atoms with Gasteiger partial charge >= 0.3 is 6.09 Å². The maximum Gasteiger partial charge on any atom is 0.410 e. The van der Waals surface area contributed by atoms with E-state index in [0.717, 1.165) is 43.2 Å². The van der Waals surface area contributed by atoms with E-state index in [-0.39, 0.29) is 12.1 Å². The standard InChI is InChI=1S/C23H30N4O2/c1-23(2,3)29-22(28)26-13-11-19-21-18(10-12-24-14-20(21)26)25-27(19)17-8-6-16(7-9-17)15-4-5-15/h6-9,15,20,24H,4-5,10-14H2,1-3H3/t20-/m0/s1. The SMILES string of the molecule is CC(C)(C)OC(=O)N1CCc2c3c(nn2-c2ccc(C4CC4)cc2)CCNC[C@@H]31. The molecule has 0 radical (unpaired) electrons. The zero-order valence-electron chi connectivity index (χ0n) is 17.6. The zero-order chi connectivity index (χ0) is 20.2. The molecule has 5 rings (SSSR count). The van der Waals surface area contributed by atoms with Crippen molar-refractivity contribution in [1.82, 2.24) is 20.0 Å². The topological polar surface area (TPSA) is 59.4 Å². The molecule has 1 fully saturated rings. The number of hydrogen-bond acceptors (Lipinski definition) is 4. The fourth-order valence-electron chi connectivity index (χ4n) is 4.58. The molecule has 1 aliphatic carbocycles. The van der Waals surface area contributed by atoms with E-state index in [1.54, 1.807) is 0 Å². The molecular formula is C23H30N4O2. The Morgan fingerprint density at radius 1 is 1.17 bits per heavy atom. The second-order valence-electron chi connectivity index (χ2n) is 9.48. The quantitative estimate of drug-likeness (QED) is 0.843. The Hall–Kier alpha value is -2.34. The number of ether oxygens (including phenoxy) is 1. The molecule has 154 valence electrons. The molecule has 1 saturated carbocycles. The van der Waals surface area contributed by atoms with Crippen molar-refractivity contribution in [2.75, 3.05) is 19.6 Å². The molecule has 6 nitrogen and oxygen atoms in total. The van der Waals surface area contributed by atoms with Gasteiger partial charge in [-0.3, -0.25) is 4.90 Å². The summed E-state index contributed by atoms with van der Waals surface area (Å²) in [6, 6.07) is 8.88. The smallest absolute Gasteiger partial charge is 0.410 e. The molecule has 1 aromatic heterocycles. The van der Waals surface area contributed by atoms with Crippen molar-refractivity contribution < 1.29 is 9.53 Å². The van der Waals surface area contributed by atoms with Crippen molar-refractivity contribution >= 4 is 6.09 Å². The molecular weight excluding hydrogens is 364 g/mol. The Morgan fingerprint density at radius 3 is 2.62 bits per heavy atom. The molecule has 3 aliphatic rings. The first-order valence-electron chi connectivity index (χ1n) is 10.8. The summed E-state index contributed by atoms with van der Waals surface area (Å²) < 4.78 is 7.81. The third-order valence-electron chi connectivity index (χ3n) is 6.09. The van der Waals surface area contributed by atoms with Crippen molar-refractivity contribution in [3.8, 4) is 5.69 Å². The molecule has 6 heteroatoms. The fourth-order valence-corrected chi connectivity index (χ4v) is 4.58. The number of hydrogen-bond donors (Lipinski definition) is 1. The number of aromatic nitrogens is 2. The van der Waals surface area contributed by atoms with Gasteiger partial charge in [0.2, 0.25) is 0 Å². The first-order chi connectivity index (χ1) is 13.9. The number of carbonyl (C=O) groups is 1. The largest absolute Gasteiger partial charge is 0.444 e. The highest BCUT2D eigenvalue weighted by molar-refractivity contribution is 5.70. The summed E-state index contributed by atoms with van der Waals surface area (Å²) >= 11 is 0. The van der Waals surface area contributed by atoms with E-state index in [1.165, 1.54) is 29.7 Å². The zero-order valence-corrected chi connectivity index (χ0v) is 17.6. The van der Waals surface area contributed by atoms with Crippen LogP contribution in [0.5, 0.6) is 0 Å². The van der Waals surface area contributed by atoms with Gasteiger partial charge in [0.15, 0.2) is 0 Å². The Bertz CT molecular complexity index is 922. The van der Waals surface area contributed by atoms with Crippen molar-refractivity contribution in [2.45, 2.75) is 64.0 Å². The lowest BCUT2D eigenvalue weighted by Crippen LogP contribution is -2.46. The molecule has 0 spiro atoms. The van der Waals surface area contributed by atoms with Crippen LogP contribution in [0.15, 0.2) is 24.3 Å². The van der Waals surface area contributed by atoms with Gasteiger partial charge in [0, 0.05) is 38.0 Å². The van der Waals surface area contributed by atoms with Gasteiger partial charge in [-0.05, 0) is 57.2 Å². The van der Waals surface area contributed by atoms with Gasteiger partial charge in [0.05, 0.1) is 23.1 Å². The van der Waals surface area contributed by atoms with Gasteiger partial charge in [-0.2, -0.15) is 5.10 Å². The van der Waals surface area contributed by atoms with Gasteiger partial charge in [0.1, 0.15) is 5.60 Å². The number of nitrogens with zero attached hydrogens (tertiary/aromatic N) is 3. The number of rotatable bonds is 2. The van der Waals surface area contributed by atoms with Crippen LogP contribution in [0.2, 0.25) is 0 Å². The van der Waals surface area contributed by atoms with E-state index < -0.39 is 5.60 Å². The molecule has 2 aliphatic heterocycles. The molecule has 0 unspecified atom stereocenters. The lowest BCUT2D eigenvalue weighted by Gasteiger charge is -2.36. The van der Waals surface area contributed by atoms with Crippen LogP contribution in [-0.2, 0) is 17.6 Å². The highest BCUT2D eigenvalue weighted by Crippen LogP contribution is 2.40. The maximum atomic E-state index is 12.9. The number of nitrogens with one attached hydrogen (secondary N) is 1. The van der Waals surface area contributed by atoms with E-state index in [2.05, 4.69) is 34.3 Å². The molecule has 1 amide bonds. The molecule has 29 heavy (non-hydrogen) atoms. The maximum absolute atomic E-state index is 12.9. The van der Waals surface area contributed by atoms with Gasteiger partial charge in [-0.25, -0.2) is 9.48 Å². The van der Waals surface area contributed by atoms with Crippen LogP contribution in [0.3, 0.4) is 0 Å². The summed E-state index contributed by atoms with van der Waals surface area (Å²) in [5.74, 6) is 0.759. The van der Waals surface area contributed by atoms with Crippen LogP contribution in [-0.4, -0.2) is 46.0 Å². The average Bonchev–Trinajstić information content (AvgIpc) is 3.47. The van der Waals surface area contributed by atoms with Gasteiger partial charge in [-0.15, -0.1) is 0 Å². The van der Waals surface area contributed by atoms with Crippen LogP contribution in [0.1, 0.15) is 68.1 Å². The first-order valence-corrected chi connectivity index (χ1v) is 10.8. The minimum atomic E-state index is -0.494. The molecule has 0 saturated heterocycles. The highest BCUT2D eigenvalue weighted by atomic mass is 16.6. The Kier molecular flexibility index (Phi) is 4.42. The first kappa shape index (κ1) is 18.7. The third-order valence-corrected chi connectivity index (χ3v) is 6.09. The Balaban J connectivity index is 1.50. The summed E-state index contributed by atoms with van der Waals surface area (Å²) in [5.41, 5.74) is 5.64. The summed E-state index contributed by atoms with van der Waals surface area (Å²) in [6.07, 6.45) is 4.08. The van der Waals surface area contributed by atoms with E-state index in [0.29, 0.717) is 6.54 Å². The van der Waals surface area contributed by atoms with E-state index in [4.69, 9.17) is 9.84 Å².